The lowest BCUT2D eigenvalue weighted by molar-refractivity contribution is -0.114. The largest absolute Gasteiger partial charge is 0.404 e. The summed E-state index contributed by atoms with van der Waals surface area (Å²) in [5.74, 6) is 0. The summed E-state index contributed by atoms with van der Waals surface area (Å²) in [6.07, 6.45) is 0.371. The molecule has 1 aromatic carbocycles. The summed E-state index contributed by atoms with van der Waals surface area (Å²) in [7, 11) is -1.70. The van der Waals surface area contributed by atoms with Crippen molar-refractivity contribution in [1.82, 2.24) is 0 Å². The van der Waals surface area contributed by atoms with Crippen molar-refractivity contribution in [3.63, 3.8) is 0 Å². The van der Waals surface area contributed by atoms with Gasteiger partial charge in [-0.25, -0.2) is 0 Å². The molecule has 0 saturated heterocycles. The predicted molar refractivity (Wildman–Crippen MR) is 64.7 cm³/mol. The first-order valence-corrected chi connectivity index (χ1v) is 8.59. The Balaban J connectivity index is 2.83. The maximum absolute atomic E-state index is 10.9. The number of rotatable bonds is 4. The van der Waals surface area contributed by atoms with Crippen LogP contribution in [-0.2, 0) is 9.22 Å². The molecule has 0 saturated carbocycles. The van der Waals surface area contributed by atoms with E-state index in [1.165, 1.54) is 0 Å². The molecule has 4 heteroatoms. The maximum atomic E-state index is 10.9. The lowest BCUT2D eigenvalue weighted by Crippen LogP contribution is -2.28. The van der Waals surface area contributed by atoms with Crippen molar-refractivity contribution in [1.29, 1.82) is 0 Å². The van der Waals surface area contributed by atoms with Crippen molar-refractivity contribution in [2.75, 3.05) is 0 Å². The van der Waals surface area contributed by atoms with Crippen LogP contribution < -0.4 is 0 Å². The number of aldehydes is 1. The first-order valence-electron chi connectivity index (χ1n) is 4.81. The second-order valence-electron chi connectivity index (χ2n) is 4.34. The van der Waals surface area contributed by atoms with Gasteiger partial charge in [0.2, 0.25) is 0 Å². The van der Waals surface area contributed by atoms with Crippen molar-refractivity contribution in [2.24, 2.45) is 0 Å². The van der Waals surface area contributed by atoms with E-state index in [0.717, 1.165) is 11.8 Å². The Morgan fingerprint density at radius 2 is 1.80 bits per heavy atom. The van der Waals surface area contributed by atoms with Crippen LogP contribution in [0.25, 0.3) is 0 Å². The van der Waals surface area contributed by atoms with E-state index < -0.39 is 14.4 Å². The Morgan fingerprint density at radius 3 is 2.20 bits per heavy atom. The van der Waals surface area contributed by atoms with Crippen LogP contribution in [0.3, 0.4) is 0 Å². The number of hydrogen-bond donors (Lipinski definition) is 0. The normalized spacial score (nSPS) is 13.6. The zero-order valence-corrected chi connectivity index (χ0v) is 10.9. The average molecular weight is 243 g/mol. The molecule has 0 N–H and O–H groups in total. The Kier molecular flexibility index (Phi) is 4.08. The standard InChI is InChI=1S/C11H15ClO2Si/c1-15(2,3)14-11(8-13)9-4-6-10(12)7-5-9/h4-8,11H,1-3H3/t11-/m1/s1. The van der Waals surface area contributed by atoms with Gasteiger partial charge >= 0.3 is 0 Å². The van der Waals surface area contributed by atoms with Gasteiger partial charge in [0.15, 0.2) is 14.6 Å². The highest BCUT2D eigenvalue weighted by atomic mass is 35.5. The molecule has 2 nitrogen and oxygen atoms in total. The lowest BCUT2D eigenvalue weighted by Gasteiger charge is -2.22. The van der Waals surface area contributed by atoms with Gasteiger partial charge in [0.05, 0.1) is 0 Å². The van der Waals surface area contributed by atoms with Gasteiger partial charge in [-0.15, -0.1) is 0 Å². The number of carbonyl (C=O) groups excluding carboxylic acids is 1. The molecule has 82 valence electrons. The maximum Gasteiger partial charge on any atom is 0.185 e. The minimum Gasteiger partial charge on any atom is -0.404 e. The minimum atomic E-state index is -1.70. The molecule has 1 rings (SSSR count). The van der Waals surface area contributed by atoms with E-state index in [1.807, 2.05) is 12.1 Å². The van der Waals surface area contributed by atoms with Gasteiger partial charge in [-0.2, -0.15) is 0 Å². The van der Waals surface area contributed by atoms with Crippen LogP contribution in [0.2, 0.25) is 24.7 Å². The summed E-state index contributed by atoms with van der Waals surface area (Å²) in [5, 5.41) is 0.663. The van der Waals surface area contributed by atoms with Crippen LogP contribution >= 0.6 is 11.6 Å². The number of carbonyl (C=O) groups is 1. The molecule has 0 aromatic heterocycles. The molecule has 0 fully saturated rings. The van der Waals surface area contributed by atoms with Crippen LogP contribution in [0, 0.1) is 0 Å². The summed E-state index contributed by atoms with van der Waals surface area (Å²) in [6.45, 7) is 6.16. The van der Waals surface area contributed by atoms with E-state index >= 15 is 0 Å². The molecule has 0 aliphatic heterocycles. The molecule has 0 spiro atoms. The monoisotopic (exact) mass is 242 g/mol. The van der Waals surface area contributed by atoms with Crippen LogP contribution in [0.15, 0.2) is 24.3 Å². The third kappa shape index (κ3) is 4.16. The predicted octanol–water partition coefficient (Wildman–Crippen LogP) is 3.43. The zero-order valence-electron chi connectivity index (χ0n) is 9.16. The molecule has 0 unspecified atom stereocenters. The van der Waals surface area contributed by atoms with Crippen molar-refractivity contribution in [3.05, 3.63) is 34.9 Å². The highest BCUT2D eigenvalue weighted by molar-refractivity contribution is 6.69. The second-order valence-corrected chi connectivity index (χ2v) is 9.24. The van der Waals surface area contributed by atoms with Crippen LogP contribution in [0.5, 0.6) is 0 Å². The third-order valence-electron chi connectivity index (χ3n) is 1.80. The van der Waals surface area contributed by atoms with Gasteiger partial charge in [0.25, 0.3) is 0 Å². The number of benzene rings is 1. The molecule has 0 aliphatic rings. The van der Waals surface area contributed by atoms with E-state index in [1.54, 1.807) is 12.1 Å². The van der Waals surface area contributed by atoms with Crippen molar-refractivity contribution < 1.29 is 9.22 Å². The molecule has 1 aromatic rings. The summed E-state index contributed by atoms with van der Waals surface area (Å²) < 4.78 is 5.74. The summed E-state index contributed by atoms with van der Waals surface area (Å²) in [6, 6.07) is 7.17. The van der Waals surface area contributed by atoms with Crippen molar-refractivity contribution >= 4 is 26.2 Å². The molecule has 0 bridgehead atoms. The smallest absolute Gasteiger partial charge is 0.185 e. The molecular weight excluding hydrogens is 228 g/mol. The summed E-state index contributed by atoms with van der Waals surface area (Å²) >= 11 is 5.77. The topological polar surface area (TPSA) is 26.3 Å². The van der Waals surface area contributed by atoms with Crippen molar-refractivity contribution in [2.45, 2.75) is 25.7 Å². The Bertz CT molecular complexity index is 329. The fraction of sp³-hybridized carbons (Fsp3) is 0.364. The molecule has 0 heterocycles. The van der Waals surface area contributed by atoms with E-state index in [4.69, 9.17) is 16.0 Å². The van der Waals surface area contributed by atoms with E-state index in [-0.39, 0.29) is 0 Å². The highest BCUT2D eigenvalue weighted by Gasteiger charge is 2.21. The number of halogens is 1. The Hall–Kier alpha value is -0.643. The first kappa shape index (κ1) is 12.4. The van der Waals surface area contributed by atoms with Crippen LogP contribution in [-0.4, -0.2) is 14.6 Å². The molecule has 0 aliphatic carbocycles. The Morgan fingerprint density at radius 1 is 1.27 bits per heavy atom. The van der Waals surface area contributed by atoms with Crippen LogP contribution in [0.4, 0.5) is 0 Å². The zero-order chi connectivity index (χ0) is 11.5. The van der Waals surface area contributed by atoms with E-state index in [9.17, 15) is 4.79 Å². The van der Waals surface area contributed by atoms with E-state index in [0.29, 0.717) is 5.02 Å². The van der Waals surface area contributed by atoms with Gasteiger partial charge in [-0.1, -0.05) is 23.7 Å². The quantitative estimate of drug-likeness (QED) is 0.597. The second kappa shape index (κ2) is 4.92. The SMILES string of the molecule is C[Si](C)(C)O[C@H](C=O)c1ccc(Cl)cc1. The average Bonchev–Trinajstić information content (AvgIpc) is 2.14. The van der Waals surface area contributed by atoms with Gasteiger partial charge in [0.1, 0.15) is 6.10 Å². The molecule has 1 atom stereocenters. The van der Waals surface area contributed by atoms with Gasteiger partial charge in [-0.3, -0.25) is 0 Å². The fourth-order valence-electron chi connectivity index (χ4n) is 1.21. The molecular formula is C11H15ClO2Si. The fourth-order valence-corrected chi connectivity index (χ4v) is 2.29. The summed E-state index contributed by atoms with van der Waals surface area (Å²) in [4.78, 5) is 10.9. The number of hydrogen-bond acceptors (Lipinski definition) is 2. The van der Waals surface area contributed by atoms with Crippen LogP contribution in [0.1, 0.15) is 11.7 Å². The molecule has 0 radical (unpaired) electrons. The lowest BCUT2D eigenvalue weighted by atomic mass is 10.1. The minimum absolute atomic E-state index is 0.464. The van der Waals surface area contributed by atoms with Crippen molar-refractivity contribution in [3.8, 4) is 0 Å². The van der Waals surface area contributed by atoms with Gasteiger partial charge < -0.3 is 9.22 Å². The van der Waals surface area contributed by atoms with E-state index in [2.05, 4.69) is 19.6 Å². The first-order chi connectivity index (χ1) is 6.92. The molecule has 0 amide bonds. The Labute approximate surface area is 96.3 Å². The highest BCUT2D eigenvalue weighted by Crippen LogP contribution is 2.21. The van der Waals surface area contributed by atoms with Gasteiger partial charge in [-0.05, 0) is 37.3 Å². The summed E-state index contributed by atoms with van der Waals surface area (Å²) in [5.41, 5.74) is 0.858. The third-order valence-corrected chi connectivity index (χ3v) is 3.02. The molecule has 15 heavy (non-hydrogen) atoms. The van der Waals surface area contributed by atoms with Gasteiger partial charge in [0, 0.05) is 5.02 Å².